The fourth-order valence-corrected chi connectivity index (χ4v) is 4.35. The predicted octanol–water partition coefficient (Wildman–Crippen LogP) is 11.1. The average molecular weight is 493 g/mol. The zero-order valence-electron chi connectivity index (χ0n) is 24.2. The van der Waals surface area contributed by atoms with Gasteiger partial charge < -0.3 is 9.47 Å². The van der Waals surface area contributed by atoms with E-state index < -0.39 is 0 Å². The van der Waals surface area contributed by atoms with E-state index in [9.17, 15) is 0 Å². The molecule has 0 aromatic rings. The van der Waals surface area contributed by atoms with Crippen molar-refractivity contribution in [3.63, 3.8) is 0 Å². The third-order valence-corrected chi connectivity index (χ3v) is 6.71. The van der Waals surface area contributed by atoms with Crippen LogP contribution < -0.4 is 0 Å². The van der Waals surface area contributed by atoms with E-state index >= 15 is 0 Å². The molecule has 0 rings (SSSR count). The van der Waals surface area contributed by atoms with Crippen LogP contribution in [0.2, 0.25) is 0 Å². The molecule has 0 heterocycles. The summed E-state index contributed by atoms with van der Waals surface area (Å²) in [6.45, 7) is 8.13. The van der Waals surface area contributed by atoms with E-state index in [1.165, 1.54) is 135 Å². The van der Waals surface area contributed by atoms with Crippen LogP contribution in [0.1, 0.15) is 162 Å². The molecule has 0 spiro atoms. The van der Waals surface area contributed by atoms with E-state index in [1.54, 1.807) is 0 Å². The summed E-state index contributed by atoms with van der Waals surface area (Å²) in [5, 5.41) is 0. The van der Waals surface area contributed by atoms with Crippen LogP contribution in [0, 0.1) is 0 Å². The summed E-state index contributed by atoms with van der Waals surface area (Å²) < 4.78 is 11.5. The van der Waals surface area contributed by atoms with Crippen molar-refractivity contribution in [3.8, 4) is 0 Å². The first-order chi connectivity index (χ1) is 17.4. The van der Waals surface area contributed by atoms with Gasteiger partial charge in [0.25, 0.3) is 0 Å². The third kappa shape index (κ3) is 33.4. The van der Waals surface area contributed by atoms with Gasteiger partial charge in [0.1, 0.15) is 0 Å². The first kappa shape index (κ1) is 34.4. The van der Waals surface area contributed by atoms with E-state index in [0.717, 1.165) is 39.3 Å². The molecule has 0 saturated carbocycles. The number of rotatable bonds is 30. The van der Waals surface area contributed by atoms with Gasteiger partial charge in [0.05, 0.1) is 0 Å². The number of hydrogen-bond donors (Lipinski definition) is 0. The van der Waals surface area contributed by atoms with Gasteiger partial charge in [-0.15, -0.1) is 0 Å². The van der Waals surface area contributed by atoms with Crippen LogP contribution in [0.5, 0.6) is 0 Å². The third-order valence-electron chi connectivity index (χ3n) is 6.71. The molecule has 0 aromatic carbocycles. The van der Waals surface area contributed by atoms with E-state index in [4.69, 9.17) is 9.47 Å². The second-order valence-electron chi connectivity index (χ2n) is 10.3. The molecule has 0 aliphatic heterocycles. The maximum atomic E-state index is 5.75. The minimum atomic E-state index is 0.864. The molecule has 0 radical (unpaired) electrons. The van der Waals surface area contributed by atoms with Gasteiger partial charge in [0, 0.05) is 26.4 Å². The Morgan fingerprint density at radius 2 is 0.686 bits per heavy atom. The topological polar surface area (TPSA) is 18.5 Å². The normalized spacial score (nSPS) is 11.9. The Morgan fingerprint density at radius 3 is 1.17 bits per heavy atom. The highest BCUT2D eigenvalue weighted by molar-refractivity contribution is 4.92. The maximum Gasteiger partial charge on any atom is 0.0487 e. The number of unbranched alkanes of at least 4 members (excludes halogenated alkanes) is 18. The molecule has 0 atom stereocenters. The summed E-state index contributed by atoms with van der Waals surface area (Å²) in [5.41, 5.74) is 0. The Bertz CT molecular complexity index is 415. The van der Waals surface area contributed by atoms with Gasteiger partial charge in [-0.25, -0.2) is 0 Å². The van der Waals surface area contributed by atoms with Crippen molar-refractivity contribution in [3.05, 3.63) is 24.3 Å². The second-order valence-corrected chi connectivity index (χ2v) is 10.3. The fourth-order valence-electron chi connectivity index (χ4n) is 4.35. The van der Waals surface area contributed by atoms with Gasteiger partial charge in [0.15, 0.2) is 0 Å². The van der Waals surface area contributed by atoms with Gasteiger partial charge in [-0.1, -0.05) is 134 Å². The van der Waals surface area contributed by atoms with Crippen LogP contribution in [0.25, 0.3) is 0 Å². The van der Waals surface area contributed by atoms with Crippen LogP contribution >= 0.6 is 0 Å². The molecule has 0 aliphatic rings. The lowest BCUT2D eigenvalue weighted by molar-refractivity contribution is 0.0794. The molecule has 0 bridgehead atoms. The van der Waals surface area contributed by atoms with Crippen LogP contribution in [0.15, 0.2) is 24.3 Å². The van der Waals surface area contributed by atoms with E-state index in [0.29, 0.717) is 0 Å². The van der Waals surface area contributed by atoms with Gasteiger partial charge in [-0.2, -0.15) is 0 Å². The highest BCUT2D eigenvalue weighted by Gasteiger charge is 1.95. The van der Waals surface area contributed by atoms with Crippen LogP contribution in [0.4, 0.5) is 0 Å². The fraction of sp³-hybridized carbons (Fsp3) is 0.879. The van der Waals surface area contributed by atoms with Gasteiger partial charge >= 0.3 is 0 Å². The Hall–Kier alpha value is -0.600. The van der Waals surface area contributed by atoms with Crippen LogP contribution in [0.3, 0.4) is 0 Å². The molecule has 0 aliphatic carbocycles. The number of hydrogen-bond acceptors (Lipinski definition) is 2. The number of allylic oxidation sites excluding steroid dienone is 4. The predicted molar refractivity (Wildman–Crippen MR) is 157 cm³/mol. The summed E-state index contributed by atoms with van der Waals surface area (Å²) in [6, 6.07) is 0. The largest absolute Gasteiger partial charge is 0.381 e. The van der Waals surface area contributed by atoms with Crippen molar-refractivity contribution >= 4 is 0 Å². The van der Waals surface area contributed by atoms with Gasteiger partial charge in [0.2, 0.25) is 0 Å². The zero-order chi connectivity index (χ0) is 25.3. The summed E-state index contributed by atoms with van der Waals surface area (Å²) in [4.78, 5) is 0. The summed E-state index contributed by atoms with van der Waals surface area (Å²) >= 11 is 0. The average Bonchev–Trinajstić information content (AvgIpc) is 2.87. The quantitative estimate of drug-likeness (QED) is 0.0733. The first-order valence-electron chi connectivity index (χ1n) is 15.9. The maximum absolute atomic E-state index is 5.75. The Morgan fingerprint density at radius 1 is 0.343 bits per heavy atom. The minimum Gasteiger partial charge on any atom is -0.381 e. The van der Waals surface area contributed by atoms with Crippen molar-refractivity contribution in [2.75, 3.05) is 26.4 Å². The highest BCUT2D eigenvalue weighted by Crippen LogP contribution is 2.12. The molecule has 2 heteroatoms. The lowest BCUT2D eigenvalue weighted by Gasteiger charge is -2.06. The molecule has 0 fully saturated rings. The highest BCUT2D eigenvalue weighted by atomic mass is 16.5. The van der Waals surface area contributed by atoms with Crippen molar-refractivity contribution < 1.29 is 9.47 Å². The molecule has 35 heavy (non-hydrogen) atoms. The van der Waals surface area contributed by atoms with Crippen molar-refractivity contribution in [2.45, 2.75) is 162 Å². The van der Waals surface area contributed by atoms with Crippen molar-refractivity contribution in [2.24, 2.45) is 0 Å². The molecule has 0 N–H and O–H groups in total. The summed E-state index contributed by atoms with van der Waals surface area (Å²) in [6.07, 6.45) is 39.9. The Labute approximate surface area is 221 Å². The molecular weight excluding hydrogens is 428 g/mol. The van der Waals surface area contributed by atoms with Crippen LogP contribution in [-0.2, 0) is 9.47 Å². The summed E-state index contributed by atoms with van der Waals surface area (Å²) in [7, 11) is 0. The monoisotopic (exact) mass is 492 g/mol. The van der Waals surface area contributed by atoms with Gasteiger partial charge in [-0.05, 0) is 51.4 Å². The van der Waals surface area contributed by atoms with E-state index in [-0.39, 0.29) is 0 Å². The standard InChI is InChI=1S/C33H64O2/c1-3-5-7-9-11-12-13-14-15-16-17-18-19-20-21-22-23-24-26-28-31-35-33-29-32-34-30-27-25-10-8-6-4-2/h11-12,14-15H,3-10,13,16-33H2,1-2H3/b12-11-,15-14-. The molecule has 0 amide bonds. The van der Waals surface area contributed by atoms with Gasteiger partial charge in [-0.3, -0.25) is 0 Å². The Balaban J connectivity index is 3.08. The number of ether oxygens (including phenoxy) is 2. The van der Waals surface area contributed by atoms with E-state index in [1.807, 2.05) is 0 Å². The van der Waals surface area contributed by atoms with Crippen molar-refractivity contribution in [1.82, 2.24) is 0 Å². The zero-order valence-corrected chi connectivity index (χ0v) is 24.2. The lowest BCUT2D eigenvalue weighted by atomic mass is 10.1. The van der Waals surface area contributed by atoms with E-state index in [2.05, 4.69) is 38.2 Å². The minimum absolute atomic E-state index is 0.864. The van der Waals surface area contributed by atoms with Crippen molar-refractivity contribution in [1.29, 1.82) is 0 Å². The lowest BCUT2D eigenvalue weighted by Crippen LogP contribution is -2.03. The smallest absolute Gasteiger partial charge is 0.0487 e. The molecule has 0 aromatic heterocycles. The molecule has 0 saturated heterocycles. The van der Waals surface area contributed by atoms with Crippen LogP contribution in [-0.4, -0.2) is 26.4 Å². The summed E-state index contributed by atoms with van der Waals surface area (Å²) in [5.74, 6) is 0. The second kappa shape index (κ2) is 33.4. The first-order valence-corrected chi connectivity index (χ1v) is 15.9. The SMILES string of the molecule is CCCCC/C=C\C/C=C\CCCCCCCCCCCCOCCCOCCCCCCCC. The molecular formula is C33H64O2. The Kier molecular flexibility index (Phi) is 32.8. The molecule has 208 valence electrons. The molecule has 0 unspecified atom stereocenters. The molecule has 2 nitrogen and oxygen atoms in total.